The lowest BCUT2D eigenvalue weighted by Gasteiger charge is -2.18. The van der Waals surface area contributed by atoms with Crippen molar-refractivity contribution in [2.24, 2.45) is 0 Å². The molecule has 0 aliphatic heterocycles. The van der Waals surface area contributed by atoms with Gasteiger partial charge in [-0.15, -0.1) is 0 Å². The number of hydrogen-bond donors (Lipinski definition) is 0. The highest BCUT2D eigenvalue weighted by atomic mass is 16.6. The van der Waals surface area contributed by atoms with E-state index in [0.717, 1.165) is 83.5 Å². The quantitative estimate of drug-likeness (QED) is 0.0200. The summed E-state index contributed by atoms with van der Waals surface area (Å²) in [7, 11) is 0. The van der Waals surface area contributed by atoms with E-state index in [1.807, 2.05) is 48.6 Å². The normalized spacial score (nSPS) is 12.6. The average Bonchev–Trinajstić information content (AvgIpc) is 3.26. The third-order valence-corrected chi connectivity index (χ3v) is 10.8. The maximum atomic E-state index is 12.8. The predicted molar refractivity (Wildman–Crippen MR) is 261 cm³/mol. The molecule has 0 aromatic rings. The summed E-state index contributed by atoms with van der Waals surface area (Å²) in [6.45, 7) is 6.41. The van der Waals surface area contributed by atoms with Gasteiger partial charge in [0.2, 0.25) is 0 Å². The fourth-order valence-corrected chi connectivity index (χ4v) is 6.97. The highest BCUT2D eigenvalue weighted by Gasteiger charge is 2.19. The number of rotatable bonds is 45. The predicted octanol–water partition coefficient (Wildman–Crippen LogP) is 16.6. The van der Waals surface area contributed by atoms with Crippen molar-refractivity contribution in [2.45, 2.75) is 245 Å². The van der Waals surface area contributed by atoms with Crippen molar-refractivity contribution in [1.29, 1.82) is 0 Å². The molecule has 0 bridgehead atoms. The van der Waals surface area contributed by atoms with Crippen LogP contribution in [0, 0.1) is 0 Å². The van der Waals surface area contributed by atoms with Gasteiger partial charge < -0.3 is 14.2 Å². The monoisotopic (exact) mass is 851 g/mol. The number of esters is 3. The Morgan fingerprint density at radius 1 is 0.344 bits per heavy atom. The van der Waals surface area contributed by atoms with Crippen LogP contribution in [0.3, 0.4) is 0 Å². The number of carbonyl (C=O) groups is 3. The molecule has 0 aliphatic rings. The van der Waals surface area contributed by atoms with Crippen LogP contribution in [0.15, 0.2) is 72.9 Å². The fourth-order valence-electron chi connectivity index (χ4n) is 6.97. The van der Waals surface area contributed by atoms with Gasteiger partial charge in [-0.05, 0) is 57.8 Å². The van der Waals surface area contributed by atoms with Gasteiger partial charge in [-0.3, -0.25) is 14.4 Å². The lowest BCUT2D eigenvalue weighted by Crippen LogP contribution is -2.30. The number of unbranched alkanes of at least 4 members (excludes halogenated alkanes) is 26. The van der Waals surface area contributed by atoms with Crippen LogP contribution < -0.4 is 0 Å². The van der Waals surface area contributed by atoms with Gasteiger partial charge in [0.1, 0.15) is 13.2 Å². The first-order chi connectivity index (χ1) is 30.0. The molecule has 0 amide bonds. The van der Waals surface area contributed by atoms with Crippen LogP contribution >= 0.6 is 0 Å². The van der Waals surface area contributed by atoms with Crippen LogP contribution in [0.5, 0.6) is 0 Å². The van der Waals surface area contributed by atoms with Gasteiger partial charge in [0.05, 0.1) is 0 Å². The van der Waals surface area contributed by atoms with E-state index in [0.29, 0.717) is 19.3 Å². The topological polar surface area (TPSA) is 78.9 Å². The molecule has 0 rings (SSSR count). The molecule has 0 spiro atoms. The molecule has 6 nitrogen and oxygen atoms in total. The van der Waals surface area contributed by atoms with E-state index in [1.165, 1.54) is 109 Å². The van der Waals surface area contributed by atoms with Crippen LogP contribution in [0.25, 0.3) is 0 Å². The molecule has 1 unspecified atom stereocenters. The van der Waals surface area contributed by atoms with Crippen LogP contribution in [0.2, 0.25) is 0 Å². The Bertz CT molecular complexity index is 1160. The average molecular weight is 851 g/mol. The minimum Gasteiger partial charge on any atom is -0.462 e. The summed E-state index contributed by atoms with van der Waals surface area (Å²) in [5.74, 6) is -0.949. The summed E-state index contributed by atoms with van der Waals surface area (Å²) in [6, 6.07) is 0. The zero-order valence-corrected chi connectivity index (χ0v) is 39.9. The lowest BCUT2D eigenvalue weighted by atomic mass is 10.0. The number of carbonyl (C=O) groups excluding carboxylic acids is 3. The summed E-state index contributed by atoms with van der Waals surface area (Å²) in [5.41, 5.74) is 0. The standard InChI is InChI=1S/C55H94O6/c1-4-7-10-13-16-19-22-24-26-27-28-30-31-33-36-39-42-45-48-54(57)60-51-52(50-59-53(56)47-44-41-38-35-21-18-15-12-9-6-3)61-55(58)49-46-43-40-37-34-32-29-25-23-20-17-14-11-8-5-2/h8,11,14-15,17-18,20,23,25,29,32,34,52H,4-7,9-10,12-13,16,19,21-22,24,26-28,30-31,33,35-51H2,1-3H3/b11-8-,17-14-,18-15-,23-20-,29-25-,34-32-. The Morgan fingerprint density at radius 2 is 0.672 bits per heavy atom. The van der Waals surface area contributed by atoms with Gasteiger partial charge in [0, 0.05) is 19.3 Å². The van der Waals surface area contributed by atoms with Crippen molar-refractivity contribution < 1.29 is 28.6 Å². The molecule has 0 aliphatic carbocycles. The lowest BCUT2D eigenvalue weighted by molar-refractivity contribution is -0.167. The third kappa shape index (κ3) is 47.7. The molecular weight excluding hydrogens is 757 g/mol. The summed E-state index contributed by atoms with van der Waals surface area (Å²) in [5, 5.41) is 0. The van der Waals surface area contributed by atoms with Crippen LogP contribution in [0.1, 0.15) is 239 Å². The van der Waals surface area contributed by atoms with Crippen molar-refractivity contribution in [3.05, 3.63) is 72.9 Å². The SMILES string of the molecule is CC\C=C/C=C\C=C/C=C\C=C/CCCCCC(=O)OC(COC(=O)CCCCCC/C=C\CCCC)COC(=O)CCCCCCCCCCCCCCCCCCCC. The molecule has 6 heteroatoms. The van der Waals surface area contributed by atoms with E-state index in [2.05, 4.69) is 45.1 Å². The minimum atomic E-state index is -0.799. The van der Waals surface area contributed by atoms with Gasteiger partial charge >= 0.3 is 17.9 Å². The van der Waals surface area contributed by atoms with E-state index in [-0.39, 0.29) is 37.5 Å². The Labute approximate surface area is 376 Å². The maximum Gasteiger partial charge on any atom is 0.306 e. The van der Waals surface area contributed by atoms with Crippen molar-refractivity contribution in [2.75, 3.05) is 13.2 Å². The molecule has 0 radical (unpaired) electrons. The van der Waals surface area contributed by atoms with Gasteiger partial charge in [-0.2, -0.15) is 0 Å². The zero-order valence-electron chi connectivity index (χ0n) is 39.9. The van der Waals surface area contributed by atoms with Crippen molar-refractivity contribution in [1.82, 2.24) is 0 Å². The summed E-state index contributed by atoms with van der Waals surface area (Å²) in [4.78, 5) is 37.9. The second kappa shape index (κ2) is 49.5. The third-order valence-electron chi connectivity index (χ3n) is 10.8. The largest absolute Gasteiger partial charge is 0.462 e. The van der Waals surface area contributed by atoms with E-state index in [9.17, 15) is 14.4 Å². The maximum absolute atomic E-state index is 12.8. The molecule has 1 atom stereocenters. The molecule has 0 aromatic carbocycles. The highest BCUT2D eigenvalue weighted by molar-refractivity contribution is 5.71. The van der Waals surface area contributed by atoms with Crippen molar-refractivity contribution in [3.8, 4) is 0 Å². The molecular formula is C55H94O6. The van der Waals surface area contributed by atoms with Crippen molar-refractivity contribution in [3.63, 3.8) is 0 Å². The first kappa shape index (κ1) is 57.9. The van der Waals surface area contributed by atoms with Gasteiger partial charge in [-0.1, -0.05) is 235 Å². The van der Waals surface area contributed by atoms with E-state index >= 15 is 0 Å². The zero-order chi connectivity index (χ0) is 44.4. The summed E-state index contributed by atoms with van der Waals surface area (Å²) >= 11 is 0. The Morgan fingerprint density at radius 3 is 1.11 bits per heavy atom. The van der Waals surface area contributed by atoms with Crippen molar-refractivity contribution >= 4 is 17.9 Å². The minimum absolute atomic E-state index is 0.0949. The van der Waals surface area contributed by atoms with Crippen LogP contribution in [0.4, 0.5) is 0 Å². The summed E-state index contributed by atoms with van der Waals surface area (Å²) in [6.07, 6.45) is 61.8. The fraction of sp³-hybridized carbons (Fsp3) is 0.727. The highest BCUT2D eigenvalue weighted by Crippen LogP contribution is 2.15. The molecule has 0 aromatic heterocycles. The summed E-state index contributed by atoms with van der Waals surface area (Å²) < 4.78 is 16.7. The first-order valence-electron chi connectivity index (χ1n) is 25.5. The number of ether oxygens (including phenoxy) is 3. The Kier molecular flexibility index (Phi) is 46.9. The smallest absolute Gasteiger partial charge is 0.306 e. The molecule has 0 N–H and O–H groups in total. The van der Waals surface area contributed by atoms with Crippen LogP contribution in [-0.2, 0) is 28.6 Å². The number of hydrogen-bond acceptors (Lipinski definition) is 6. The molecule has 0 heterocycles. The molecule has 0 saturated heterocycles. The number of allylic oxidation sites excluding steroid dienone is 12. The second-order valence-corrected chi connectivity index (χ2v) is 16.8. The van der Waals surface area contributed by atoms with Gasteiger partial charge in [0.25, 0.3) is 0 Å². The molecule has 0 fully saturated rings. The first-order valence-corrected chi connectivity index (χ1v) is 25.5. The van der Waals surface area contributed by atoms with Gasteiger partial charge in [0.15, 0.2) is 6.10 Å². The van der Waals surface area contributed by atoms with Gasteiger partial charge in [-0.25, -0.2) is 0 Å². The Hall–Kier alpha value is -3.15. The van der Waals surface area contributed by atoms with Crippen LogP contribution in [-0.4, -0.2) is 37.2 Å². The van der Waals surface area contributed by atoms with E-state index in [4.69, 9.17) is 14.2 Å². The molecule has 61 heavy (non-hydrogen) atoms. The Balaban J connectivity index is 4.39. The molecule has 0 saturated carbocycles. The molecule has 350 valence electrons. The van der Waals surface area contributed by atoms with E-state index < -0.39 is 6.10 Å². The van der Waals surface area contributed by atoms with E-state index in [1.54, 1.807) is 0 Å². The second-order valence-electron chi connectivity index (χ2n) is 16.8.